The molecule has 38 heavy (non-hydrogen) atoms. The number of aryl methyl sites for hydroxylation is 2. The summed E-state index contributed by atoms with van der Waals surface area (Å²) in [4.78, 5) is 9.75. The number of fused-ring (bicyclic) bond motifs is 1. The maximum atomic E-state index is 5.41. The van der Waals surface area contributed by atoms with Gasteiger partial charge in [-0.15, -0.1) is 17.5 Å². The molecule has 0 spiro atoms. The number of piperazine rings is 1. The molecule has 2 aromatic heterocycles. The molecule has 0 amide bonds. The van der Waals surface area contributed by atoms with Crippen LogP contribution in [0.5, 0.6) is 5.75 Å². The van der Waals surface area contributed by atoms with Crippen molar-refractivity contribution in [3.63, 3.8) is 0 Å². The van der Waals surface area contributed by atoms with Crippen LogP contribution >= 0.6 is 23.7 Å². The van der Waals surface area contributed by atoms with Crippen molar-refractivity contribution in [1.82, 2.24) is 30.1 Å². The number of hydrogen-bond acceptors (Lipinski definition) is 8. The Balaban J connectivity index is 0.00000294. The van der Waals surface area contributed by atoms with Crippen molar-refractivity contribution in [3.8, 4) is 5.75 Å². The molecule has 5 aromatic rings. The molecular weight excluding hydrogens is 518 g/mol. The van der Waals surface area contributed by atoms with Gasteiger partial charge in [0.15, 0.2) is 11.0 Å². The van der Waals surface area contributed by atoms with E-state index in [0.717, 1.165) is 66.9 Å². The Kier molecular flexibility index (Phi) is 8.17. The van der Waals surface area contributed by atoms with Gasteiger partial charge in [-0.2, -0.15) is 0 Å². The number of halogens is 1. The zero-order valence-electron chi connectivity index (χ0n) is 21.2. The first-order valence-corrected chi connectivity index (χ1v) is 13.4. The number of benzene rings is 3. The standard InChI is InChI=1S/C28H29N7OS.ClH/c1-36-23-13-11-22(12-14-23)26(27-30-31-32-35(27)16-15-21-7-3-2-4-8-21)33-17-19-34(20-18-33)28-29-24-9-5-6-10-25(24)37-28;/h2-14,26H,15-20H2,1H3;1H. The average molecular weight is 548 g/mol. The van der Waals surface area contributed by atoms with Crippen LogP contribution < -0.4 is 9.64 Å². The molecule has 0 radical (unpaired) electrons. The Morgan fingerprint density at radius 1 is 0.895 bits per heavy atom. The maximum Gasteiger partial charge on any atom is 0.186 e. The maximum absolute atomic E-state index is 5.41. The van der Waals surface area contributed by atoms with Gasteiger partial charge in [0.2, 0.25) is 0 Å². The van der Waals surface area contributed by atoms with Gasteiger partial charge in [-0.3, -0.25) is 4.90 Å². The molecule has 0 bridgehead atoms. The first-order chi connectivity index (χ1) is 18.3. The van der Waals surface area contributed by atoms with Crippen molar-refractivity contribution in [2.45, 2.75) is 19.0 Å². The van der Waals surface area contributed by atoms with Gasteiger partial charge >= 0.3 is 0 Å². The highest BCUT2D eigenvalue weighted by Crippen LogP contribution is 2.33. The molecule has 1 aliphatic heterocycles. The predicted molar refractivity (Wildman–Crippen MR) is 153 cm³/mol. The molecule has 196 valence electrons. The Labute approximate surface area is 232 Å². The fourth-order valence-electron chi connectivity index (χ4n) is 4.92. The lowest BCUT2D eigenvalue weighted by Gasteiger charge is -2.38. The molecule has 1 fully saturated rings. The highest BCUT2D eigenvalue weighted by atomic mass is 35.5. The van der Waals surface area contributed by atoms with Crippen LogP contribution in [0.2, 0.25) is 0 Å². The molecular formula is C28H30ClN7OS. The third kappa shape index (κ3) is 5.50. The van der Waals surface area contributed by atoms with Gasteiger partial charge in [-0.1, -0.05) is 65.9 Å². The summed E-state index contributed by atoms with van der Waals surface area (Å²) in [6.07, 6.45) is 0.875. The minimum Gasteiger partial charge on any atom is -0.497 e. The monoisotopic (exact) mass is 547 g/mol. The van der Waals surface area contributed by atoms with Crippen LogP contribution in [0.15, 0.2) is 78.9 Å². The first kappa shape index (κ1) is 26.1. The number of hydrogen-bond donors (Lipinski definition) is 0. The molecule has 1 aliphatic rings. The molecule has 0 aliphatic carbocycles. The van der Waals surface area contributed by atoms with Crippen LogP contribution in [0, 0.1) is 0 Å². The second-order valence-corrected chi connectivity index (χ2v) is 10.2. The van der Waals surface area contributed by atoms with E-state index in [-0.39, 0.29) is 18.4 Å². The van der Waals surface area contributed by atoms with E-state index >= 15 is 0 Å². The van der Waals surface area contributed by atoms with E-state index in [1.807, 2.05) is 28.9 Å². The van der Waals surface area contributed by atoms with E-state index < -0.39 is 0 Å². The smallest absolute Gasteiger partial charge is 0.186 e. The second-order valence-electron chi connectivity index (χ2n) is 9.16. The predicted octanol–water partition coefficient (Wildman–Crippen LogP) is 4.87. The summed E-state index contributed by atoms with van der Waals surface area (Å²) in [6.45, 7) is 4.30. The summed E-state index contributed by atoms with van der Waals surface area (Å²) in [7, 11) is 1.69. The quantitative estimate of drug-likeness (QED) is 0.274. The van der Waals surface area contributed by atoms with E-state index in [1.54, 1.807) is 18.4 Å². The van der Waals surface area contributed by atoms with Gasteiger partial charge in [0.25, 0.3) is 0 Å². The summed E-state index contributed by atoms with van der Waals surface area (Å²) in [5, 5.41) is 14.1. The molecule has 10 heteroatoms. The topological polar surface area (TPSA) is 72.2 Å². The van der Waals surface area contributed by atoms with Gasteiger partial charge in [-0.25, -0.2) is 9.67 Å². The summed E-state index contributed by atoms with van der Waals surface area (Å²) in [5.41, 5.74) is 3.50. The zero-order valence-corrected chi connectivity index (χ0v) is 22.8. The molecule has 6 rings (SSSR count). The van der Waals surface area contributed by atoms with Crippen molar-refractivity contribution < 1.29 is 4.74 Å². The summed E-state index contributed by atoms with van der Waals surface area (Å²) in [5.74, 6) is 1.71. The van der Waals surface area contributed by atoms with Crippen LogP contribution in [-0.2, 0) is 13.0 Å². The molecule has 1 unspecified atom stereocenters. The third-order valence-electron chi connectivity index (χ3n) is 6.92. The van der Waals surface area contributed by atoms with Gasteiger partial charge in [0.05, 0.1) is 23.4 Å². The Bertz CT molecular complexity index is 1420. The highest BCUT2D eigenvalue weighted by Gasteiger charge is 2.31. The largest absolute Gasteiger partial charge is 0.497 e. The lowest BCUT2D eigenvalue weighted by molar-refractivity contribution is 0.200. The Hall–Kier alpha value is -3.53. The molecule has 8 nitrogen and oxygen atoms in total. The molecule has 0 saturated carbocycles. The van der Waals surface area contributed by atoms with Gasteiger partial charge in [0.1, 0.15) is 5.75 Å². The van der Waals surface area contributed by atoms with Crippen molar-refractivity contribution in [2.75, 3.05) is 38.2 Å². The van der Waals surface area contributed by atoms with Gasteiger partial charge in [-0.05, 0) is 52.2 Å². The summed E-state index contributed by atoms with van der Waals surface area (Å²) >= 11 is 1.76. The highest BCUT2D eigenvalue weighted by molar-refractivity contribution is 7.22. The van der Waals surface area contributed by atoms with Crippen molar-refractivity contribution in [2.24, 2.45) is 0 Å². The number of rotatable bonds is 8. The van der Waals surface area contributed by atoms with E-state index in [1.165, 1.54) is 10.3 Å². The zero-order chi connectivity index (χ0) is 25.0. The number of aromatic nitrogens is 5. The van der Waals surface area contributed by atoms with Gasteiger partial charge in [0, 0.05) is 32.7 Å². The Morgan fingerprint density at radius 3 is 2.37 bits per heavy atom. The number of tetrazole rings is 1. The minimum absolute atomic E-state index is 0. The number of anilines is 1. The molecule has 1 saturated heterocycles. The number of methoxy groups -OCH3 is 1. The first-order valence-electron chi connectivity index (χ1n) is 12.6. The molecule has 0 N–H and O–H groups in total. The fraction of sp³-hybridized carbons (Fsp3) is 0.286. The number of para-hydroxylation sites is 1. The molecule has 3 aromatic carbocycles. The minimum atomic E-state index is -0.0470. The summed E-state index contributed by atoms with van der Waals surface area (Å²) < 4.78 is 8.60. The number of ether oxygens (including phenoxy) is 1. The van der Waals surface area contributed by atoms with Crippen LogP contribution in [0.25, 0.3) is 10.2 Å². The normalized spacial score (nSPS) is 14.8. The van der Waals surface area contributed by atoms with Crippen molar-refractivity contribution in [1.29, 1.82) is 0 Å². The van der Waals surface area contributed by atoms with Crippen LogP contribution in [0.3, 0.4) is 0 Å². The summed E-state index contributed by atoms with van der Waals surface area (Å²) in [6, 6.07) is 27.0. The van der Waals surface area contributed by atoms with E-state index in [9.17, 15) is 0 Å². The lowest BCUT2D eigenvalue weighted by atomic mass is 10.0. The van der Waals surface area contributed by atoms with E-state index in [2.05, 4.69) is 79.9 Å². The molecule has 1 atom stereocenters. The number of thiazole rings is 1. The second kappa shape index (κ2) is 11.9. The Morgan fingerprint density at radius 2 is 1.63 bits per heavy atom. The van der Waals surface area contributed by atoms with Gasteiger partial charge < -0.3 is 9.64 Å². The number of nitrogens with zero attached hydrogens (tertiary/aromatic N) is 7. The van der Waals surface area contributed by atoms with Crippen molar-refractivity contribution >= 4 is 39.1 Å². The lowest BCUT2D eigenvalue weighted by Crippen LogP contribution is -2.48. The van der Waals surface area contributed by atoms with Crippen molar-refractivity contribution in [3.05, 3.63) is 95.8 Å². The van der Waals surface area contributed by atoms with Crippen LogP contribution in [0.1, 0.15) is 23.0 Å². The van der Waals surface area contributed by atoms with Crippen LogP contribution in [0.4, 0.5) is 5.13 Å². The molecule has 3 heterocycles. The van der Waals surface area contributed by atoms with Crippen LogP contribution in [-0.4, -0.2) is 63.4 Å². The third-order valence-corrected chi connectivity index (χ3v) is 8.02. The van der Waals surface area contributed by atoms with E-state index in [4.69, 9.17) is 9.72 Å². The van der Waals surface area contributed by atoms with E-state index in [0.29, 0.717) is 0 Å². The SMILES string of the molecule is COc1ccc(C(c2nnnn2CCc2ccccc2)N2CCN(c3nc4ccccc4s3)CC2)cc1.Cl. The fourth-order valence-corrected chi connectivity index (χ4v) is 5.94. The average Bonchev–Trinajstić information content (AvgIpc) is 3.61.